The van der Waals surface area contributed by atoms with E-state index in [0.717, 1.165) is 4.88 Å². The van der Waals surface area contributed by atoms with Crippen molar-refractivity contribution in [1.29, 1.82) is 0 Å². The van der Waals surface area contributed by atoms with Crippen LogP contribution in [0.15, 0.2) is 12.1 Å². The van der Waals surface area contributed by atoms with Gasteiger partial charge in [0.25, 0.3) is 0 Å². The Kier molecular flexibility index (Phi) is 3.29. The molecule has 0 N–H and O–H groups in total. The predicted molar refractivity (Wildman–Crippen MR) is 55.3 cm³/mol. The first-order valence-corrected chi connectivity index (χ1v) is 5.16. The average molecular weight is 214 g/mol. The Balaban J connectivity index is 2.52. The maximum atomic E-state index is 11.4. The standard InChI is InChI=1S/C10H14O3S/c1-7-5-6-8(14-7)9(11)12-13-10(2,3)4/h5-6H,1-4H3. The molecule has 0 spiro atoms. The molecule has 14 heavy (non-hydrogen) atoms. The minimum Gasteiger partial charge on any atom is -0.291 e. The molecule has 4 heteroatoms. The normalized spacial score (nSPS) is 11.4. The zero-order valence-corrected chi connectivity index (χ0v) is 9.60. The van der Waals surface area contributed by atoms with Crippen LogP contribution in [0.1, 0.15) is 35.3 Å². The summed E-state index contributed by atoms with van der Waals surface area (Å²) in [5, 5.41) is 0. The summed E-state index contributed by atoms with van der Waals surface area (Å²) < 4.78 is 0. The van der Waals surface area contributed by atoms with Crippen LogP contribution in [-0.2, 0) is 9.78 Å². The SMILES string of the molecule is Cc1ccc(C(=O)OOC(C)(C)C)s1. The summed E-state index contributed by atoms with van der Waals surface area (Å²) in [4.78, 5) is 22.6. The molecule has 0 amide bonds. The molecule has 78 valence electrons. The number of thiophene rings is 1. The van der Waals surface area contributed by atoms with Gasteiger partial charge in [-0.2, -0.15) is 4.89 Å². The van der Waals surface area contributed by atoms with Crippen LogP contribution in [0.5, 0.6) is 0 Å². The fourth-order valence-electron chi connectivity index (χ4n) is 0.748. The van der Waals surface area contributed by atoms with Crippen LogP contribution in [0.25, 0.3) is 0 Å². The Labute approximate surface area is 87.6 Å². The molecule has 0 aliphatic rings. The van der Waals surface area contributed by atoms with Crippen molar-refractivity contribution in [3.05, 3.63) is 21.9 Å². The zero-order valence-electron chi connectivity index (χ0n) is 8.79. The van der Waals surface area contributed by atoms with Gasteiger partial charge in [0, 0.05) is 4.88 Å². The number of carbonyl (C=O) groups excluding carboxylic acids is 1. The van der Waals surface area contributed by atoms with Gasteiger partial charge in [0.1, 0.15) is 10.5 Å². The number of carbonyl (C=O) groups is 1. The Morgan fingerprint density at radius 1 is 1.36 bits per heavy atom. The smallest absolute Gasteiger partial charge is 0.291 e. The lowest BCUT2D eigenvalue weighted by Crippen LogP contribution is -2.21. The van der Waals surface area contributed by atoms with Crippen molar-refractivity contribution in [3.63, 3.8) is 0 Å². The summed E-state index contributed by atoms with van der Waals surface area (Å²) in [5.74, 6) is -0.432. The molecule has 0 radical (unpaired) electrons. The monoisotopic (exact) mass is 214 g/mol. The van der Waals surface area contributed by atoms with Crippen LogP contribution in [0, 0.1) is 6.92 Å². The molecule has 0 atom stereocenters. The molecule has 1 aromatic heterocycles. The Morgan fingerprint density at radius 3 is 2.43 bits per heavy atom. The summed E-state index contributed by atoms with van der Waals surface area (Å²) in [6.45, 7) is 7.39. The van der Waals surface area contributed by atoms with Crippen LogP contribution in [-0.4, -0.2) is 11.6 Å². The predicted octanol–water partition coefficient (Wildman–Crippen LogP) is 2.94. The van der Waals surface area contributed by atoms with Crippen LogP contribution in [0.3, 0.4) is 0 Å². The van der Waals surface area contributed by atoms with Crippen molar-refractivity contribution in [1.82, 2.24) is 0 Å². The van der Waals surface area contributed by atoms with E-state index in [1.165, 1.54) is 11.3 Å². The van der Waals surface area contributed by atoms with E-state index in [9.17, 15) is 4.79 Å². The second-order valence-electron chi connectivity index (χ2n) is 3.98. The van der Waals surface area contributed by atoms with Crippen molar-refractivity contribution in [3.8, 4) is 0 Å². The van der Waals surface area contributed by atoms with Gasteiger partial charge < -0.3 is 0 Å². The Hall–Kier alpha value is -0.870. The van der Waals surface area contributed by atoms with E-state index in [1.807, 2.05) is 33.8 Å². The summed E-state index contributed by atoms with van der Waals surface area (Å²) in [6.07, 6.45) is 0. The molecule has 0 aromatic carbocycles. The van der Waals surface area contributed by atoms with Gasteiger partial charge in [0.15, 0.2) is 0 Å². The van der Waals surface area contributed by atoms with Gasteiger partial charge in [0.2, 0.25) is 0 Å². The van der Waals surface area contributed by atoms with Crippen molar-refractivity contribution >= 4 is 17.3 Å². The molecular weight excluding hydrogens is 200 g/mol. The highest BCUT2D eigenvalue weighted by atomic mass is 32.1. The lowest BCUT2D eigenvalue weighted by molar-refractivity contribution is -0.301. The maximum absolute atomic E-state index is 11.4. The Bertz CT molecular complexity index is 322. The molecular formula is C10H14O3S. The number of rotatable bonds is 2. The molecule has 0 unspecified atom stereocenters. The molecule has 1 aromatic rings. The number of hydrogen-bond donors (Lipinski definition) is 0. The van der Waals surface area contributed by atoms with E-state index >= 15 is 0 Å². The lowest BCUT2D eigenvalue weighted by Gasteiger charge is -2.15. The first-order valence-electron chi connectivity index (χ1n) is 4.35. The summed E-state index contributed by atoms with van der Waals surface area (Å²) >= 11 is 1.39. The van der Waals surface area contributed by atoms with E-state index in [1.54, 1.807) is 6.07 Å². The van der Waals surface area contributed by atoms with E-state index in [4.69, 9.17) is 4.89 Å². The second-order valence-corrected chi connectivity index (χ2v) is 5.26. The van der Waals surface area contributed by atoms with Crippen molar-refractivity contribution < 1.29 is 14.6 Å². The van der Waals surface area contributed by atoms with Crippen LogP contribution >= 0.6 is 11.3 Å². The first kappa shape index (κ1) is 11.2. The highest BCUT2D eigenvalue weighted by molar-refractivity contribution is 7.13. The van der Waals surface area contributed by atoms with Crippen LogP contribution < -0.4 is 0 Å². The van der Waals surface area contributed by atoms with Gasteiger partial charge in [-0.15, -0.1) is 11.3 Å². The van der Waals surface area contributed by atoms with Crippen LogP contribution in [0.2, 0.25) is 0 Å². The molecule has 0 fully saturated rings. The van der Waals surface area contributed by atoms with Crippen molar-refractivity contribution in [2.45, 2.75) is 33.3 Å². The Morgan fingerprint density at radius 2 is 2.00 bits per heavy atom. The molecule has 0 saturated carbocycles. The third-order valence-electron chi connectivity index (χ3n) is 1.31. The molecule has 0 bridgehead atoms. The first-order chi connectivity index (χ1) is 6.38. The molecule has 0 saturated heterocycles. The van der Waals surface area contributed by atoms with E-state index in [-0.39, 0.29) is 0 Å². The zero-order chi connectivity index (χ0) is 10.8. The summed E-state index contributed by atoms with van der Waals surface area (Å²) in [6, 6.07) is 3.60. The highest BCUT2D eigenvalue weighted by Crippen LogP contribution is 2.17. The van der Waals surface area contributed by atoms with Crippen molar-refractivity contribution in [2.24, 2.45) is 0 Å². The van der Waals surface area contributed by atoms with E-state index in [0.29, 0.717) is 4.88 Å². The number of hydrogen-bond acceptors (Lipinski definition) is 4. The maximum Gasteiger partial charge on any atom is 0.382 e. The van der Waals surface area contributed by atoms with Crippen molar-refractivity contribution in [2.75, 3.05) is 0 Å². The van der Waals surface area contributed by atoms with Gasteiger partial charge >= 0.3 is 5.97 Å². The van der Waals surface area contributed by atoms with Gasteiger partial charge in [-0.1, -0.05) is 0 Å². The third kappa shape index (κ3) is 3.47. The van der Waals surface area contributed by atoms with Gasteiger partial charge in [-0.25, -0.2) is 4.79 Å². The quantitative estimate of drug-likeness (QED) is 0.561. The molecule has 3 nitrogen and oxygen atoms in total. The molecule has 0 aliphatic heterocycles. The molecule has 0 aliphatic carbocycles. The fraction of sp³-hybridized carbons (Fsp3) is 0.500. The topological polar surface area (TPSA) is 35.5 Å². The minimum atomic E-state index is -0.470. The number of aryl methyl sites for hydroxylation is 1. The lowest BCUT2D eigenvalue weighted by atomic mass is 10.2. The molecule has 1 rings (SSSR count). The highest BCUT2D eigenvalue weighted by Gasteiger charge is 2.17. The van der Waals surface area contributed by atoms with Gasteiger partial charge in [-0.05, 0) is 39.8 Å². The average Bonchev–Trinajstić information content (AvgIpc) is 2.46. The fourth-order valence-corrected chi connectivity index (χ4v) is 1.48. The summed E-state index contributed by atoms with van der Waals surface area (Å²) in [5.41, 5.74) is -0.470. The van der Waals surface area contributed by atoms with E-state index < -0.39 is 11.6 Å². The van der Waals surface area contributed by atoms with Crippen LogP contribution in [0.4, 0.5) is 0 Å². The summed E-state index contributed by atoms with van der Waals surface area (Å²) in [7, 11) is 0. The van der Waals surface area contributed by atoms with Gasteiger partial charge in [-0.3, -0.25) is 4.89 Å². The van der Waals surface area contributed by atoms with Gasteiger partial charge in [0.05, 0.1) is 0 Å². The van der Waals surface area contributed by atoms with E-state index in [2.05, 4.69) is 4.89 Å². The third-order valence-corrected chi connectivity index (χ3v) is 2.29. The second kappa shape index (κ2) is 4.11. The molecule has 1 heterocycles. The largest absolute Gasteiger partial charge is 0.382 e. The minimum absolute atomic E-state index is 0.432.